The van der Waals surface area contributed by atoms with Crippen molar-refractivity contribution in [2.45, 2.75) is 89.7 Å². The van der Waals surface area contributed by atoms with Gasteiger partial charge in [-0.25, -0.2) is 8.42 Å². The highest BCUT2D eigenvalue weighted by Crippen LogP contribution is 2.34. The van der Waals surface area contributed by atoms with Crippen molar-refractivity contribution in [3.63, 3.8) is 0 Å². The molecule has 1 aliphatic carbocycles. The fourth-order valence-corrected chi connectivity index (χ4v) is 7.23. The van der Waals surface area contributed by atoms with Crippen LogP contribution in [0.15, 0.2) is 71.6 Å². The van der Waals surface area contributed by atoms with Gasteiger partial charge in [-0.2, -0.15) is 0 Å². The zero-order valence-electron chi connectivity index (χ0n) is 26.5. The third-order valence-corrected chi connectivity index (χ3v) is 10.0. The number of ether oxygens (including phenoxy) is 1. The molecule has 4 rings (SSSR count). The summed E-state index contributed by atoms with van der Waals surface area (Å²) in [5, 5.41) is 3.19. The lowest BCUT2D eigenvalue weighted by Gasteiger charge is -2.34. The molecule has 236 valence electrons. The summed E-state index contributed by atoms with van der Waals surface area (Å²) in [6.45, 7) is 7.26. The molecule has 1 atom stereocenters. The van der Waals surface area contributed by atoms with E-state index in [1.165, 1.54) is 12.0 Å². The molecule has 3 aromatic rings. The van der Waals surface area contributed by atoms with Crippen molar-refractivity contribution in [3.05, 3.63) is 89.0 Å². The van der Waals surface area contributed by atoms with Gasteiger partial charge in [-0.05, 0) is 75.4 Å². The normalized spacial score (nSPS) is 14.5. The predicted molar refractivity (Wildman–Crippen MR) is 174 cm³/mol. The maximum atomic E-state index is 14.4. The second-order valence-electron chi connectivity index (χ2n) is 11.8. The van der Waals surface area contributed by atoms with Crippen molar-refractivity contribution < 1.29 is 22.7 Å². The third kappa shape index (κ3) is 8.00. The lowest BCUT2D eigenvalue weighted by atomic mass is 9.95. The summed E-state index contributed by atoms with van der Waals surface area (Å²) < 4.78 is 35.2. The van der Waals surface area contributed by atoms with E-state index in [-0.39, 0.29) is 29.1 Å². The quantitative estimate of drug-likeness (QED) is 0.266. The standard InChI is InChI=1S/C35H45N3O5S/c1-6-31(35(40)36-29-13-8-7-9-14-29)37(23-28-12-10-11-26(3)21-28)34(39)24-38(32-22-27(4)17-20-33(32)43-5)44(41,42)30-18-15-25(2)16-19-30/h10-12,15-22,29,31H,6-9,13-14,23-24H2,1-5H3,(H,36,40)/t31-/m0/s1. The van der Waals surface area contributed by atoms with E-state index in [0.717, 1.165) is 58.7 Å². The predicted octanol–water partition coefficient (Wildman–Crippen LogP) is 6.07. The number of rotatable bonds is 12. The van der Waals surface area contributed by atoms with Gasteiger partial charge in [0, 0.05) is 12.6 Å². The first kappa shape index (κ1) is 33.1. The van der Waals surface area contributed by atoms with E-state index in [1.54, 1.807) is 36.4 Å². The van der Waals surface area contributed by atoms with E-state index in [1.807, 2.05) is 58.0 Å². The van der Waals surface area contributed by atoms with Crippen molar-refractivity contribution in [2.24, 2.45) is 0 Å². The van der Waals surface area contributed by atoms with E-state index in [4.69, 9.17) is 4.74 Å². The molecule has 8 nitrogen and oxygen atoms in total. The summed E-state index contributed by atoms with van der Waals surface area (Å²) in [5.41, 5.74) is 3.88. The Morgan fingerprint density at radius 1 is 0.909 bits per heavy atom. The maximum Gasteiger partial charge on any atom is 0.264 e. The van der Waals surface area contributed by atoms with Gasteiger partial charge in [0.05, 0.1) is 17.7 Å². The first-order valence-corrected chi connectivity index (χ1v) is 16.9. The minimum absolute atomic E-state index is 0.0618. The van der Waals surface area contributed by atoms with Crippen LogP contribution >= 0.6 is 0 Å². The Bertz CT molecular complexity index is 1550. The number of carbonyl (C=O) groups is 2. The lowest BCUT2D eigenvalue weighted by Crippen LogP contribution is -2.54. The van der Waals surface area contributed by atoms with E-state index in [2.05, 4.69) is 5.32 Å². The molecule has 1 saturated carbocycles. The molecule has 1 N–H and O–H groups in total. The number of nitrogens with one attached hydrogen (secondary N) is 1. The van der Waals surface area contributed by atoms with Crippen molar-refractivity contribution in [1.29, 1.82) is 0 Å². The van der Waals surface area contributed by atoms with E-state index < -0.39 is 28.5 Å². The van der Waals surface area contributed by atoms with Gasteiger partial charge in [0.25, 0.3) is 10.0 Å². The van der Waals surface area contributed by atoms with Crippen molar-refractivity contribution in [2.75, 3.05) is 18.0 Å². The fourth-order valence-electron chi connectivity index (χ4n) is 5.82. The lowest BCUT2D eigenvalue weighted by molar-refractivity contribution is -0.140. The zero-order chi connectivity index (χ0) is 31.9. The van der Waals surface area contributed by atoms with Crippen LogP contribution in [0.1, 0.15) is 67.7 Å². The zero-order valence-corrected chi connectivity index (χ0v) is 27.3. The molecule has 0 aliphatic heterocycles. The molecule has 0 unspecified atom stereocenters. The minimum atomic E-state index is -4.20. The van der Waals surface area contributed by atoms with Crippen LogP contribution in [0.25, 0.3) is 0 Å². The van der Waals surface area contributed by atoms with E-state index in [9.17, 15) is 18.0 Å². The number of anilines is 1. The topological polar surface area (TPSA) is 96.0 Å². The fraction of sp³-hybridized carbons (Fsp3) is 0.429. The monoisotopic (exact) mass is 619 g/mol. The molecule has 0 spiro atoms. The van der Waals surface area contributed by atoms with Gasteiger partial charge in [0.1, 0.15) is 18.3 Å². The first-order valence-electron chi connectivity index (χ1n) is 15.4. The van der Waals surface area contributed by atoms with Crippen LogP contribution in [0.4, 0.5) is 5.69 Å². The summed E-state index contributed by atoms with van der Waals surface area (Å²) in [6.07, 6.45) is 5.52. The number of hydrogen-bond acceptors (Lipinski definition) is 5. The Morgan fingerprint density at radius 3 is 2.20 bits per heavy atom. The van der Waals surface area contributed by atoms with Crippen LogP contribution in [-0.2, 0) is 26.2 Å². The Labute approximate surface area is 262 Å². The summed E-state index contributed by atoms with van der Waals surface area (Å²) in [6, 6.07) is 18.9. The molecular formula is C35H45N3O5S. The molecule has 2 amide bonds. The Morgan fingerprint density at radius 2 is 1.57 bits per heavy atom. The molecular weight excluding hydrogens is 574 g/mol. The number of sulfonamides is 1. The van der Waals surface area contributed by atoms with Gasteiger partial charge in [-0.3, -0.25) is 13.9 Å². The highest BCUT2D eigenvalue weighted by atomic mass is 32.2. The number of carbonyl (C=O) groups excluding carboxylic acids is 2. The maximum absolute atomic E-state index is 14.4. The molecule has 0 heterocycles. The van der Waals surface area contributed by atoms with Gasteiger partial charge in [0.15, 0.2) is 0 Å². The van der Waals surface area contributed by atoms with Crippen LogP contribution in [-0.4, -0.2) is 50.9 Å². The van der Waals surface area contributed by atoms with Gasteiger partial charge in [-0.1, -0.05) is 79.8 Å². The first-order chi connectivity index (χ1) is 21.0. The van der Waals surface area contributed by atoms with E-state index >= 15 is 0 Å². The van der Waals surface area contributed by atoms with Gasteiger partial charge < -0.3 is 15.0 Å². The van der Waals surface area contributed by atoms with Crippen molar-refractivity contribution >= 4 is 27.5 Å². The number of methoxy groups -OCH3 is 1. The molecule has 1 fully saturated rings. The second-order valence-corrected chi connectivity index (χ2v) is 13.6. The van der Waals surface area contributed by atoms with Crippen LogP contribution in [0.2, 0.25) is 0 Å². The molecule has 0 radical (unpaired) electrons. The molecule has 0 bridgehead atoms. The Balaban J connectivity index is 1.76. The van der Waals surface area contributed by atoms with Gasteiger partial charge in [-0.15, -0.1) is 0 Å². The number of hydrogen-bond donors (Lipinski definition) is 1. The number of nitrogens with zero attached hydrogens (tertiary/aromatic N) is 2. The van der Waals surface area contributed by atoms with Crippen molar-refractivity contribution in [1.82, 2.24) is 10.2 Å². The smallest absolute Gasteiger partial charge is 0.264 e. The van der Waals surface area contributed by atoms with Gasteiger partial charge in [0.2, 0.25) is 11.8 Å². The molecule has 44 heavy (non-hydrogen) atoms. The SMILES string of the molecule is CC[C@@H](C(=O)NC1CCCCC1)N(Cc1cccc(C)c1)C(=O)CN(c1cc(C)ccc1OC)S(=O)(=O)c1ccc(C)cc1. The Kier molecular flexibility index (Phi) is 11.1. The average Bonchev–Trinajstić information content (AvgIpc) is 3.00. The summed E-state index contributed by atoms with van der Waals surface area (Å²) in [7, 11) is -2.73. The van der Waals surface area contributed by atoms with Crippen LogP contribution in [0.5, 0.6) is 5.75 Å². The minimum Gasteiger partial charge on any atom is -0.495 e. The van der Waals surface area contributed by atoms with Crippen LogP contribution in [0, 0.1) is 20.8 Å². The number of amides is 2. The van der Waals surface area contributed by atoms with Gasteiger partial charge >= 0.3 is 0 Å². The second kappa shape index (κ2) is 14.8. The summed E-state index contributed by atoms with van der Waals surface area (Å²) >= 11 is 0. The average molecular weight is 620 g/mol. The van der Waals surface area contributed by atoms with E-state index in [0.29, 0.717) is 12.2 Å². The molecule has 0 saturated heterocycles. The molecule has 3 aromatic carbocycles. The molecule has 9 heteroatoms. The van der Waals surface area contributed by atoms with Crippen LogP contribution < -0.4 is 14.4 Å². The summed E-state index contributed by atoms with van der Waals surface area (Å²) in [5.74, 6) is -0.357. The molecule has 1 aliphatic rings. The third-order valence-electron chi connectivity index (χ3n) is 8.26. The molecule has 0 aromatic heterocycles. The number of benzene rings is 3. The largest absolute Gasteiger partial charge is 0.495 e. The van der Waals surface area contributed by atoms with Crippen LogP contribution in [0.3, 0.4) is 0 Å². The Hall–Kier alpha value is -3.85. The van der Waals surface area contributed by atoms with Crippen molar-refractivity contribution in [3.8, 4) is 5.75 Å². The number of aryl methyl sites for hydroxylation is 3. The highest BCUT2D eigenvalue weighted by molar-refractivity contribution is 7.92. The summed E-state index contributed by atoms with van der Waals surface area (Å²) in [4.78, 5) is 29.8. The highest BCUT2D eigenvalue weighted by Gasteiger charge is 2.35.